The van der Waals surface area contributed by atoms with Gasteiger partial charge in [0.05, 0.1) is 11.2 Å². The van der Waals surface area contributed by atoms with Crippen LogP contribution in [0.5, 0.6) is 0 Å². The molecule has 3 aliphatic rings. The molecule has 2 aliphatic heterocycles. The van der Waals surface area contributed by atoms with Gasteiger partial charge in [-0.25, -0.2) is 0 Å². The second-order valence-corrected chi connectivity index (χ2v) is 12.7. The van der Waals surface area contributed by atoms with Crippen molar-refractivity contribution in [2.45, 2.75) is 83.5 Å². The number of nitrogens with zero attached hydrogens (tertiary/aromatic N) is 2. The molecule has 2 N–H and O–H groups in total. The third kappa shape index (κ3) is 8.43. The zero-order valence-corrected chi connectivity index (χ0v) is 23.1. The van der Waals surface area contributed by atoms with Crippen LogP contribution in [0.2, 0.25) is 0 Å². The molecule has 3 fully saturated rings. The molecule has 0 bridgehead atoms. The lowest BCUT2D eigenvalue weighted by Crippen LogP contribution is -2.50. The molecule has 0 radical (unpaired) electrons. The molecule has 2 heterocycles. The first-order valence-electron chi connectivity index (χ1n) is 14.6. The van der Waals surface area contributed by atoms with Crippen molar-refractivity contribution in [3.63, 3.8) is 0 Å². The number of carbonyl (C=O) groups excluding carboxylic acids is 1. The molecule has 2 saturated heterocycles. The van der Waals surface area contributed by atoms with E-state index in [0.717, 1.165) is 76.1 Å². The summed E-state index contributed by atoms with van der Waals surface area (Å²) in [5.41, 5.74) is -0.494. The topological polar surface area (TPSA) is 55.8 Å². The Morgan fingerprint density at radius 1 is 1.00 bits per heavy atom. The monoisotopic (exact) mass is 537 g/mol. The highest BCUT2D eigenvalue weighted by Gasteiger charge is 2.34. The molecule has 2 atom stereocenters. The summed E-state index contributed by atoms with van der Waals surface area (Å²) in [6.07, 6.45) is 3.41. The Morgan fingerprint density at radius 2 is 1.58 bits per heavy atom. The summed E-state index contributed by atoms with van der Waals surface area (Å²) in [5.74, 6) is 2.65. The first-order chi connectivity index (χ1) is 18.0. The van der Waals surface area contributed by atoms with Crippen LogP contribution < -0.4 is 5.32 Å². The average Bonchev–Trinajstić information content (AvgIpc) is 2.86. The van der Waals surface area contributed by atoms with Gasteiger partial charge < -0.3 is 15.3 Å². The lowest BCUT2D eigenvalue weighted by Gasteiger charge is -2.39. The fourth-order valence-corrected chi connectivity index (χ4v) is 6.75. The van der Waals surface area contributed by atoms with E-state index in [-0.39, 0.29) is 0 Å². The number of halogens is 3. The molecule has 1 aromatic rings. The maximum Gasteiger partial charge on any atom is 0.416 e. The molecule has 0 aromatic heterocycles. The zero-order valence-electron chi connectivity index (χ0n) is 23.1. The van der Waals surface area contributed by atoms with Crippen LogP contribution in [0.3, 0.4) is 0 Å². The molecule has 0 spiro atoms. The van der Waals surface area contributed by atoms with Crippen LogP contribution >= 0.6 is 0 Å². The molecule has 2 unspecified atom stereocenters. The quantitative estimate of drug-likeness (QED) is 0.471. The molecule has 8 heteroatoms. The van der Waals surface area contributed by atoms with Crippen LogP contribution in [0.25, 0.3) is 0 Å². The first kappa shape index (κ1) is 29.3. The van der Waals surface area contributed by atoms with Gasteiger partial charge in [0.25, 0.3) is 0 Å². The van der Waals surface area contributed by atoms with Gasteiger partial charge in [-0.15, -0.1) is 0 Å². The standard InChI is InChI=1S/C30H46F3N3O2/c1-22-15-23(2)19-36(18-22)28(37)16-24-3-5-25(6-4-24)17-34-21-29(38)11-13-35(14-12-29)20-26-7-9-27(10-8-26)30(31,32)33/h7-10,22-25,34,38H,3-6,11-21H2,1-2H3. The summed E-state index contributed by atoms with van der Waals surface area (Å²) in [7, 11) is 0. The van der Waals surface area contributed by atoms with E-state index in [0.29, 0.717) is 61.9 Å². The SMILES string of the molecule is CC1CC(C)CN(C(=O)CC2CCC(CNCC3(O)CCN(Cc4ccc(C(F)(F)F)cc4)CC3)CC2)C1. The summed E-state index contributed by atoms with van der Waals surface area (Å²) in [5, 5.41) is 14.6. The van der Waals surface area contributed by atoms with Crippen LogP contribution in [-0.2, 0) is 17.5 Å². The lowest BCUT2D eigenvalue weighted by atomic mass is 9.80. The van der Waals surface area contributed by atoms with Crippen LogP contribution in [0.15, 0.2) is 24.3 Å². The fraction of sp³-hybridized carbons (Fsp3) is 0.767. The summed E-state index contributed by atoms with van der Waals surface area (Å²) < 4.78 is 38.3. The summed E-state index contributed by atoms with van der Waals surface area (Å²) >= 11 is 0. The van der Waals surface area contributed by atoms with Crippen LogP contribution in [-0.4, -0.2) is 65.7 Å². The summed E-state index contributed by atoms with van der Waals surface area (Å²) in [6, 6.07) is 5.37. The van der Waals surface area contributed by atoms with Gasteiger partial charge in [0.1, 0.15) is 0 Å². The van der Waals surface area contributed by atoms with Crippen molar-refractivity contribution in [2.75, 3.05) is 39.3 Å². The highest BCUT2D eigenvalue weighted by molar-refractivity contribution is 5.76. The van der Waals surface area contributed by atoms with E-state index in [4.69, 9.17) is 0 Å². The van der Waals surface area contributed by atoms with E-state index in [9.17, 15) is 23.1 Å². The number of alkyl halides is 3. The van der Waals surface area contributed by atoms with Crippen molar-refractivity contribution in [1.29, 1.82) is 0 Å². The van der Waals surface area contributed by atoms with Crippen molar-refractivity contribution in [1.82, 2.24) is 15.1 Å². The molecular formula is C30H46F3N3O2. The second kappa shape index (κ2) is 12.7. The Bertz CT molecular complexity index is 881. The van der Waals surface area contributed by atoms with Crippen molar-refractivity contribution >= 4 is 5.91 Å². The number of benzene rings is 1. The van der Waals surface area contributed by atoms with Gasteiger partial charge in [0.2, 0.25) is 5.91 Å². The second-order valence-electron chi connectivity index (χ2n) is 12.7. The molecule has 38 heavy (non-hydrogen) atoms. The van der Waals surface area contributed by atoms with Crippen molar-refractivity contribution in [3.8, 4) is 0 Å². The van der Waals surface area contributed by atoms with Gasteiger partial charge in [-0.1, -0.05) is 26.0 Å². The predicted octanol–water partition coefficient (Wildman–Crippen LogP) is 5.32. The number of hydrogen-bond donors (Lipinski definition) is 2. The number of rotatable bonds is 8. The maximum absolute atomic E-state index is 12.8. The normalized spacial score (nSPS) is 28.8. The molecule has 1 aromatic carbocycles. The zero-order chi connectivity index (χ0) is 27.3. The van der Waals surface area contributed by atoms with Crippen LogP contribution in [0.4, 0.5) is 13.2 Å². The smallest absolute Gasteiger partial charge is 0.388 e. The van der Waals surface area contributed by atoms with Crippen LogP contribution in [0, 0.1) is 23.7 Å². The molecular weight excluding hydrogens is 491 g/mol. The Hall–Kier alpha value is -1.64. The number of nitrogens with one attached hydrogen (secondary N) is 1. The highest BCUT2D eigenvalue weighted by atomic mass is 19.4. The Kier molecular flexibility index (Phi) is 9.80. The maximum atomic E-state index is 12.8. The molecule has 4 rings (SSSR count). The Balaban J connectivity index is 1.10. The lowest BCUT2D eigenvalue weighted by molar-refractivity contribution is -0.137. The number of carbonyl (C=O) groups is 1. The van der Waals surface area contributed by atoms with E-state index < -0.39 is 17.3 Å². The average molecular weight is 538 g/mol. The third-order valence-corrected chi connectivity index (χ3v) is 9.01. The van der Waals surface area contributed by atoms with Crippen molar-refractivity contribution in [3.05, 3.63) is 35.4 Å². The minimum Gasteiger partial charge on any atom is -0.388 e. The minimum atomic E-state index is -4.31. The summed E-state index contributed by atoms with van der Waals surface area (Å²) in [6.45, 7) is 9.86. The van der Waals surface area contributed by atoms with Gasteiger partial charge in [-0.2, -0.15) is 13.2 Å². The van der Waals surface area contributed by atoms with Crippen molar-refractivity contribution < 1.29 is 23.1 Å². The van der Waals surface area contributed by atoms with Crippen molar-refractivity contribution in [2.24, 2.45) is 23.7 Å². The molecule has 1 aliphatic carbocycles. The van der Waals surface area contributed by atoms with Gasteiger partial charge in [0.15, 0.2) is 0 Å². The van der Waals surface area contributed by atoms with Crippen LogP contribution in [0.1, 0.15) is 76.3 Å². The highest BCUT2D eigenvalue weighted by Crippen LogP contribution is 2.33. The number of aliphatic hydroxyl groups is 1. The van der Waals surface area contributed by atoms with E-state index in [1.165, 1.54) is 6.42 Å². The van der Waals surface area contributed by atoms with Gasteiger partial charge >= 0.3 is 6.18 Å². The number of amides is 1. The van der Waals surface area contributed by atoms with E-state index in [2.05, 4.69) is 29.0 Å². The molecule has 5 nitrogen and oxygen atoms in total. The minimum absolute atomic E-state index is 0.344. The number of likely N-dealkylation sites (tertiary alicyclic amines) is 2. The number of hydrogen-bond acceptors (Lipinski definition) is 4. The number of piperidine rings is 2. The van der Waals surface area contributed by atoms with E-state index in [1.54, 1.807) is 12.1 Å². The molecule has 1 amide bonds. The summed E-state index contributed by atoms with van der Waals surface area (Å²) in [4.78, 5) is 17.1. The molecule has 1 saturated carbocycles. The van der Waals surface area contributed by atoms with Gasteiger partial charge in [0, 0.05) is 45.7 Å². The Labute approximate surface area is 226 Å². The Morgan fingerprint density at radius 3 is 2.16 bits per heavy atom. The predicted molar refractivity (Wildman–Crippen MR) is 143 cm³/mol. The van der Waals surface area contributed by atoms with Gasteiger partial charge in [-0.05, 0) is 92.9 Å². The first-order valence-corrected chi connectivity index (χ1v) is 14.6. The van der Waals surface area contributed by atoms with E-state index in [1.807, 2.05) is 0 Å². The third-order valence-electron chi connectivity index (χ3n) is 9.01. The molecule has 214 valence electrons. The fourth-order valence-electron chi connectivity index (χ4n) is 6.75. The van der Waals surface area contributed by atoms with Gasteiger partial charge in [-0.3, -0.25) is 9.69 Å². The largest absolute Gasteiger partial charge is 0.416 e. The van der Waals surface area contributed by atoms with E-state index >= 15 is 0 Å².